The normalized spacial score (nSPS) is 12.5. The van der Waals surface area contributed by atoms with Crippen molar-refractivity contribution in [3.63, 3.8) is 0 Å². The Balaban J connectivity index is 3.01. The molecule has 0 aliphatic heterocycles. The standard InChI is InChI=1S/C23H49NO9/c1-3-23(2)22-33-21-20-32-19-18-31-17-16-30-15-14-29-13-12-28-11-10-27-9-8-26-7-6-25-5-4-24/h23H,3-22,24H2,1-2H3. The predicted octanol–water partition coefficient (Wildman–Crippen LogP) is 1.14. The number of nitrogens with two attached hydrogens (primary N) is 1. The van der Waals surface area contributed by atoms with E-state index in [-0.39, 0.29) is 0 Å². The Morgan fingerprint density at radius 2 is 0.667 bits per heavy atom. The molecule has 0 aromatic heterocycles. The molecule has 0 aromatic carbocycles. The van der Waals surface area contributed by atoms with E-state index in [1.165, 1.54) is 0 Å². The smallest absolute Gasteiger partial charge is 0.0701 e. The van der Waals surface area contributed by atoms with Gasteiger partial charge in [-0.15, -0.1) is 0 Å². The number of hydrogen-bond acceptors (Lipinski definition) is 10. The Morgan fingerprint density at radius 1 is 0.424 bits per heavy atom. The zero-order chi connectivity index (χ0) is 24.1. The lowest BCUT2D eigenvalue weighted by molar-refractivity contribution is -0.0254. The third-order valence-electron chi connectivity index (χ3n) is 4.34. The highest BCUT2D eigenvalue weighted by molar-refractivity contribution is 4.46. The number of ether oxygens (including phenoxy) is 9. The summed E-state index contributed by atoms with van der Waals surface area (Å²) in [7, 11) is 0. The van der Waals surface area contributed by atoms with Crippen molar-refractivity contribution in [2.75, 3.05) is 125 Å². The minimum Gasteiger partial charge on any atom is -0.379 e. The Hall–Kier alpha value is -0.400. The Morgan fingerprint density at radius 3 is 0.909 bits per heavy atom. The molecule has 1 unspecified atom stereocenters. The summed E-state index contributed by atoms with van der Waals surface area (Å²) in [6, 6.07) is 0. The van der Waals surface area contributed by atoms with Crippen LogP contribution in [0.2, 0.25) is 0 Å². The van der Waals surface area contributed by atoms with Crippen molar-refractivity contribution in [2.24, 2.45) is 11.7 Å². The van der Waals surface area contributed by atoms with E-state index in [2.05, 4.69) is 13.8 Å². The van der Waals surface area contributed by atoms with Gasteiger partial charge in [0.2, 0.25) is 0 Å². The van der Waals surface area contributed by atoms with Crippen LogP contribution < -0.4 is 5.73 Å². The van der Waals surface area contributed by atoms with Crippen LogP contribution in [0.5, 0.6) is 0 Å². The minimum atomic E-state index is 0.532. The van der Waals surface area contributed by atoms with Gasteiger partial charge in [0.1, 0.15) is 0 Å². The second-order valence-electron chi connectivity index (χ2n) is 7.28. The minimum absolute atomic E-state index is 0.532. The summed E-state index contributed by atoms with van der Waals surface area (Å²) in [4.78, 5) is 0. The lowest BCUT2D eigenvalue weighted by atomic mass is 10.1. The van der Waals surface area contributed by atoms with Crippen molar-refractivity contribution in [3.05, 3.63) is 0 Å². The summed E-state index contributed by atoms with van der Waals surface area (Å²) < 4.78 is 48.7. The molecule has 0 saturated heterocycles. The van der Waals surface area contributed by atoms with Crippen LogP contribution in [-0.2, 0) is 42.6 Å². The van der Waals surface area contributed by atoms with E-state index in [9.17, 15) is 0 Å². The van der Waals surface area contributed by atoms with Crippen LogP contribution in [0.1, 0.15) is 20.3 Å². The van der Waals surface area contributed by atoms with E-state index in [1.807, 2.05) is 0 Å². The maximum Gasteiger partial charge on any atom is 0.0701 e. The van der Waals surface area contributed by atoms with E-state index in [4.69, 9.17) is 48.4 Å². The molecule has 10 heteroatoms. The van der Waals surface area contributed by atoms with Crippen molar-refractivity contribution in [3.8, 4) is 0 Å². The Labute approximate surface area is 200 Å². The summed E-state index contributed by atoms with van der Waals surface area (Å²) in [5.41, 5.74) is 5.32. The highest BCUT2D eigenvalue weighted by Crippen LogP contribution is 1.99. The maximum atomic E-state index is 5.52. The highest BCUT2D eigenvalue weighted by atomic mass is 16.6. The Kier molecular flexibility index (Phi) is 29.3. The lowest BCUT2D eigenvalue weighted by Gasteiger charge is -2.10. The Bertz CT molecular complexity index is 354. The van der Waals surface area contributed by atoms with E-state index in [0.717, 1.165) is 13.0 Å². The van der Waals surface area contributed by atoms with E-state index in [0.29, 0.717) is 125 Å². The molecule has 0 rings (SSSR count). The molecule has 0 aliphatic carbocycles. The summed E-state index contributed by atoms with van der Waals surface area (Å²) in [5, 5.41) is 0. The second kappa shape index (κ2) is 29.6. The molecule has 0 aromatic rings. The molecule has 0 bridgehead atoms. The zero-order valence-corrected chi connectivity index (χ0v) is 21.0. The molecule has 33 heavy (non-hydrogen) atoms. The van der Waals surface area contributed by atoms with Crippen molar-refractivity contribution < 1.29 is 42.6 Å². The second-order valence-corrected chi connectivity index (χ2v) is 7.28. The van der Waals surface area contributed by atoms with Gasteiger partial charge in [-0.3, -0.25) is 0 Å². The summed E-state index contributed by atoms with van der Waals surface area (Å²) >= 11 is 0. The molecule has 0 amide bonds. The van der Waals surface area contributed by atoms with Crippen LogP contribution in [0.25, 0.3) is 0 Å². The van der Waals surface area contributed by atoms with Gasteiger partial charge in [0.25, 0.3) is 0 Å². The van der Waals surface area contributed by atoms with E-state index < -0.39 is 0 Å². The van der Waals surface area contributed by atoms with Gasteiger partial charge < -0.3 is 48.4 Å². The number of rotatable bonds is 29. The molecule has 0 saturated carbocycles. The predicted molar refractivity (Wildman–Crippen MR) is 126 cm³/mol. The first-order valence-electron chi connectivity index (χ1n) is 12.2. The topological polar surface area (TPSA) is 109 Å². The molecular formula is C23H49NO9. The molecule has 0 radical (unpaired) electrons. The van der Waals surface area contributed by atoms with Crippen LogP contribution in [-0.4, -0.2) is 125 Å². The molecule has 10 nitrogen and oxygen atoms in total. The molecule has 0 fully saturated rings. The first kappa shape index (κ1) is 32.6. The fourth-order valence-electron chi connectivity index (χ4n) is 2.25. The molecule has 1 atom stereocenters. The molecule has 0 aliphatic rings. The van der Waals surface area contributed by atoms with E-state index >= 15 is 0 Å². The number of hydrogen-bond donors (Lipinski definition) is 1. The van der Waals surface area contributed by atoms with Crippen LogP contribution >= 0.6 is 0 Å². The lowest BCUT2D eigenvalue weighted by Crippen LogP contribution is -2.15. The summed E-state index contributed by atoms with van der Waals surface area (Å²) in [6.07, 6.45) is 1.14. The SMILES string of the molecule is CCC(C)COCCOCCOCCOCCOCCOCCOCCOCCOCCN. The van der Waals surface area contributed by atoms with Gasteiger partial charge in [-0.1, -0.05) is 20.3 Å². The largest absolute Gasteiger partial charge is 0.379 e. The van der Waals surface area contributed by atoms with Crippen LogP contribution in [0, 0.1) is 5.92 Å². The average Bonchev–Trinajstić information content (AvgIpc) is 2.83. The quantitative estimate of drug-likeness (QED) is 0.156. The van der Waals surface area contributed by atoms with Gasteiger partial charge in [-0.05, 0) is 5.92 Å². The first-order chi connectivity index (χ1) is 16.3. The van der Waals surface area contributed by atoms with Crippen LogP contribution in [0.15, 0.2) is 0 Å². The van der Waals surface area contributed by atoms with Crippen LogP contribution in [0.3, 0.4) is 0 Å². The molecule has 2 N–H and O–H groups in total. The average molecular weight is 484 g/mol. The van der Waals surface area contributed by atoms with Crippen LogP contribution in [0.4, 0.5) is 0 Å². The molecule has 0 spiro atoms. The monoisotopic (exact) mass is 483 g/mol. The zero-order valence-electron chi connectivity index (χ0n) is 21.0. The highest BCUT2D eigenvalue weighted by Gasteiger charge is 1.98. The van der Waals surface area contributed by atoms with Gasteiger partial charge in [0, 0.05) is 13.2 Å². The van der Waals surface area contributed by atoms with Gasteiger partial charge in [0.05, 0.1) is 112 Å². The summed E-state index contributed by atoms with van der Waals surface area (Å²) in [5.74, 6) is 0.604. The van der Waals surface area contributed by atoms with E-state index in [1.54, 1.807) is 0 Å². The first-order valence-corrected chi connectivity index (χ1v) is 12.2. The fourth-order valence-corrected chi connectivity index (χ4v) is 2.25. The fraction of sp³-hybridized carbons (Fsp3) is 1.00. The van der Waals surface area contributed by atoms with Gasteiger partial charge in [-0.25, -0.2) is 0 Å². The van der Waals surface area contributed by atoms with Gasteiger partial charge in [-0.2, -0.15) is 0 Å². The van der Waals surface area contributed by atoms with Crippen molar-refractivity contribution >= 4 is 0 Å². The molecule has 200 valence electrons. The third-order valence-corrected chi connectivity index (χ3v) is 4.34. The summed E-state index contributed by atoms with van der Waals surface area (Å²) in [6.45, 7) is 15.1. The van der Waals surface area contributed by atoms with Crippen molar-refractivity contribution in [1.82, 2.24) is 0 Å². The molecule has 0 heterocycles. The molecular weight excluding hydrogens is 434 g/mol. The van der Waals surface area contributed by atoms with Crippen molar-refractivity contribution in [1.29, 1.82) is 0 Å². The third kappa shape index (κ3) is 29.6. The van der Waals surface area contributed by atoms with Crippen molar-refractivity contribution in [2.45, 2.75) is 20.3 Å². The van der Waals surface area contributed by atoms with Gasteiger partial charge >= 0.3 is 0 Å². The van der Waals surface area contributed by atoms with Gasteiger partial charge in [0.15, 0.2) is 0 Å². The maximum absolute atomic E-state index is 5.52.